The maximum atomic E-state index is 12.4. The fraction of sp³-hybridized carbons (Fsp3) is 0.188. The molecule has 5 nitrogen and oxygen atoms in total. The monoisotopic (exact) mass is 284 g/mol. The summed E-state index contributed by atoms with van der Waals surface area (Å²) in [5, 5.41) is 9.12. The molecule has 0 aliphatic carbocycles. The van der Waals surface area contributed by atoms with Crippen LogP contribution in [-0.2, 0) is 6.42 Å². The van der Waals surface area contributed by atoms with Crippen LogP contribution in [-0.4, -0.2) is 29.0 Å². The van der Waals surface area contributed by atoms with Crippen LogP contribution in [0, 0.1) is 0 Å². The second kappa shape index (κ2) is 6.17. The highest BCUT2D eigenvalue weighted by molar-refractivity contribution is 6.10. The Balaban J connectivity index is 2.32. The molecule has 21 heavy (non-hydrogen) atoms. The summed E-state index contributed by atoms with van der Waals surface area (Å²) in [5.41, 5.74) is 1.70. The minimum atomic E-state index is -1.17. The van der Waals surface area contributed by atoms with E-state index in [2.05, 4.69) is 11.9 Å². The number of hydrogen-bond acceptors (Lipinski definition) is 3. The summed E-state index contributed by atoms with van der Waals surface area (Å²) in [4.78, 5) is 28.9. The number of carboxylic acid groups (broad SMARTS) is 1. The van der Waals surface area contributed by atoms with E-state index in [-0.39, 0.29) is 11.3 Å². The van der Waals surface area contributed by atoms with E-state index in [1.165, 1.54) is 28.8 Å². The number of carbonyl (C=O) groups excluding carboxylic acids is 1. The predicted molar refractivity (Wildman–Crippen MR) is 79.7 cm³/mol. The van der Waals surface area contributed by atoms with Gasteiger partial charge in [0.25, 0.3) is 5.91 Å². The number of nitrogens with zero attached hydrogens (tertiary/aromatic N) is 2. The summed E-state index contributed by atoms with van der Waals surface area (Å²) in [5.74, 6) is -1.61. The van der Waals surface area contributed by atoms with Gasteiger partial charge in [-0.1, -0.05) is 19.1 Å². The molecule has 1 amide bonds. The molecular weight excluding hydrogens is 268 g/mol. The van der Waals surface area contributed by atoms with Gasteiger partial charge in [0.15, 0.2) is 0 Å². The molecule has 5 heteroatoms. The summed E-state index contributed by atoms with van der Waals surface area (Å²) in [7, 11) is 1.60. The Labute approximate surface area is 122 Å². The average Bonchev–Trinajstić information content (AvgIpc) is 2.53. The first kappa shape index (κ1) is 14.7. The lowest BCUT2D eigenvalue weighted by Gasteiger charge is -2.18. The van der Waals surface area contributed by atoms with Crippen molar-refractivity contribution in [2.45, 2.75) is 13.3 Å². The summed E-state index contributed by atoms with van der Waals surface area (Å²) in [6, 6.07) is 10.4. The van der Waals surface area contributed by atoms with Crippen LogP contribution >= 0.6 is 0 Å². The normalized spacial score (nSPS) is 10.2. The first-order valence-corrected chi connectivity index (χ1v) is 6.60. The number of hydrogen-bond donors (Lipinski definition) is 1. The van der Waals surface area contributed by atoms with Crippen LogP contribution < -0.4 is 4.90 Å². The molecule has 108 valence electrons. The van der Waals surface area contributed by atoms with Gasteiger partial charge in [0.2, 0.25) is 0 Å². The number of rotatable bonds is 4. The van der Waals surface area contributed by atoms with E-state index >= 15 is 0 Å². The first-order chi connectivity index (χ1) is 10.0. The smallest absolute Gasteiger partial charge is 0.338 e. The van der Waals surface area contributed by atoms with E-state index in [1.807, 2.05) is 24.3 Å². The molecule has 0 bridgehead atoms. The molecule has 0 spiro atoms. The van der Waals surface area contributed by atoms with Gasteiger partial charge in [-0.2, -0.15) is 0 Å². The molecule has 1 heterocycles. The molecule has 0 radical (unpaired) electrons. The van der Waals surface area contributed by atoms with E-state index in [9.17, 15) is 9.59 Å². The molecule has 1 aromatic heterocycles. The molecule has 0 aliphatic rings. The molecule has 0 atom stereocenters. The van der Waals surface area contributed by atoms with Gasteiger partial charge in [-0.05, 0) is 36.2 Å². The van der Waals surface area contributed by atoms with Crippen LogP contribution in [0.1, 0.15) is 33.3 Å². The van der Waals surface area contributed by atoms with Crippen molar-refractivity contribution in [2.75, 3.05) is 11.9 Å². The fourth-order valence-corrected chi connectivity index (χ4v) is 1.98. The van der Waals surface area contributed by atoms with E-state index in [0.717, 1.165) is 6.42 Å². The van der Waals surface area contributed by atoms with Gasteiger partial charge in [-0.25, -0.2) is 4.79 Å². The molecular formula is C16H16N2O3. The van der Waals surface area contributed by atoms with Crippen molar-refractivity contribution in [3.8, 4) is 0 Å². The van der Waals surface area contributed by atoms with Gasteiger partial charge in [0.05, 0.1) is 5.56 Å². The third kappa shape index (κ3) is 3.08. The third-order valence-corrected chi connectivity index (χ3v) is 3.28. The number of carbonyl (C=O) groups is 2. The Hall–Kier alpha value is -2.69. The Morgan fingerprint density at radius 3 is 2.43 bits per heavy atom. The number of aromatic carboxylic acids is 1. The maximum Gasteiger partial charge on any atom is 0.338 e. The van der Waals surface area contributed by atoms with Crippen molar-refractivity contribution in [1.29, 1.82) is 0 Å². The van der Waals surface area contributed by atoms with Crippen molar-refractivity contribution in [3.05, 3.63) is 59.4 Å². The lowest BCUT2D eigenvalue weighted by atomic mass is 10.1. The van der Waals surface area contributed by atoms with Gasteiger partial charge >= 0.3 is 5.97 Å². The number of carboxylic acids is 1. The van der Waals surface area contributed by atoms with Crippen molar-refractivity contribution >= 4 is 17.6 Å². The van der Waals surface area contributed by atoms with Crippen molar-refractivity contribution in [3.63, 3.8) is 0 Å². The Bertz CT molecular complexity index is 665. The quantitative estimate of drug-likeness (QED) is 0.937. The lowest BCUT2D eigenvalue weighted by Crippen LogP contribution is -2.28. The van der Waals surface area contributed by atoms with Gasteiger partial charge in [0, 0.05) is 18.9 Å². The summed E-state index contributed by atoms with van der Waals surface area (Å²) >= 11 is 0. The number of aryl methyl sites for hydroxylation is 1. The zero-order chi connectivity index (χ0) is 15.4. The lowest BCUT2D eigenvalue weighted by molar-refractivity contribution is 0.0691. The van der Waals surface area contributed by atoms with Crippen LogP contribution in [0.2, 0.25) is 0 Å². The van der Waals surface area contributed by atoms with Gasteiger partial charge in [-0.15, -0.1) is 0 Å². The standard InChI is InChI=1S/C16H16N2O3/c1-3-11-6-8-12(9-7-11)18(2)15(19)14-13(16(20)21)5-4-10-17-14/h4-10H,3H2,1-2H3,(H,20,21). The van der Waals surface area contributed by atoms with E-state index in [0.29, 0.717) is 5.69 Å². The zero-order valence-corrected chi connectivity index (χ0v) is 11.9. The summed E-state index contributed by atoms with van der Waals surface area (Å²) in [6.07, 6.45) is 2.33. The highest BCUT2D eigenvalue weighted by Crippen LogP contribution is 2.17. The highest BCUT2D eigenvalue weighted by Gasteiger charge is 2.21. The summed E-state index contributed by atoms with van der Waals surface area (Å²) < 4.78 is 0. The number of amides is 1. The molecule has 0 saturated heterocycles. The SMILES string of the molecule is CCc1ccc(N(C)C(=O)c2ncccc2C(=O)O)cc1. The molecule has 1 N–H and O–H groups in total. The van der Waals surface area contributed by atoms with Crippen LogP contribution in [0.4, 0.5) is 5.69 Å². The minimum Gasteiger partial charge on any atom is -0.478 e. The topological polar surface area (TPSA) is 70.5 Å². The summed E-state index contributed by atoms with van der Waals surface area (Å²) in [6.45, 7) is 2.05. The maximum absolute atomic E-state index is 12.4. The van der Waals surface area contributed by atoms with Crippen molar-refractivity contribution in [2.24, 2.45) is 0 Å². The number of benzene rings is 1. The second-order valence-corrected chi connectivity index (χ2v) is 4.59. The molecule has 2 aromatic rings. The second-order valence-electron chi connectivity index (χ2n) is 4.59. The zero-order valence-electron chi connectivity index (χ0n) is 11.9. The Morgan fingerprint density at radius 2 is 1.86 bits per heavy atom. The highest BCUT2D eigenvalue weighted by atomic mass is 16.4. The molecule has 0 saturated carbocycles. The molecule has 0 fully saturated rings. The van der Waals surface area contributed by atoms with Gasteiger partial charge < -0.3 is 10.0 Å². The van der Waals surface area contributed by atoms with Crippen LogP contribution in [0.3, 0.4) is 0 Å². The average molecular weight is 284 g/mol. The fourth-order valence-electron chi connectivity index (χ4n) is 1.98. The molecule has 1 aromatic carbocycles. The third-order valence-electron chi connectivity index (χ3n) is 3.28. The predicted octanol–water partition coefficient (Wildman–Crippen LogP) is 2.62. The number of aromatic nitrogens is 1. The number of anilines is 1. The minimum absolute atomic E-state index is 0.0629. The van der Waals surface area contributed by atoms with Crippen LogP contribution in [0.25, 0.3) is 0 Å². The van der Waals surface area contributed by atoms with E-state index < -0.39 is 11.9 Å². The van der Waals surface area contributed by atoms with Crippen molar-refractivity contribution in [1.82, 2.24) is 4.98 Å². The van der Waals surface area contributed by atoms with E-state index in [1.54, 1.807) is 7.05 Å². The molecule has 0 aliphatic heterocycles. The Kier molecular flexibility index (Phi) is 4.33. The van der Waals surface area contributed by atoms with Gasteiger partial charge in [0.1, 0.15) is 5.69 Å². The Morgan fingerprint density at radius 1 is 1.19 bits per heavy atom. The van der Waals surface area contributed by atoms with Crippen LogP contribution in [0.5, 0.6) is 0 Å². The first-order valence-electron chi connectivity index (χ1n) is 6.60. The van der Waals surface area contributed by atoms with Crippen LogP contribution in [0.15, 0.2) is 42.6 Å². The number of pyridine rings is 1. The largest absolute Gasteiger partial charge is 0.478 e. The molecule has 0 unspecified atom stereocenters. The molecule has 2 rings (SSSR count). The van der Waals surface area contributed by atoms with Gasteiger partial charge in [-0.3, -0.25) is 9.78 Å². The van der Waals surface area contributed by atoms with Crippen molar-refractivity contribution < 1.29 is 14.7 Å². The van der Waals surface area contributed by atoms with E-state index in [4.69, 9.17) is 5.11 Å².